The van der Waals surface area contributed by atoms with Gasteiger partial charge in [-0.3, -0.25) is 9.59 Å². The lowest BCUT2D eigenvalue weighted by Gasteiger charge is -2.31. The van der Waals surface area contributed by atoms with E-state index in [1.54, 1.807) is 0 Å². The molecule has 0 aromatic carbocycles. The summed E-state index contributed by atoms with van der Waals surface area (Å²) in [7, 11) is 0. The monoisotopic (exact) mass is 339 g/mol. The second-order valence-corrected chi connectivity index (χ2v) is 7.40. The fraction of sp³-hybridized carbons (Fsp3) is 0.733. The lowest BCUT2D eigenvalue weighted by Crippen LogP contribution is -2.51. The maximum atomic E-state index is 12.1. The van der Waals surface area contributed by atoms with Gasteiger partial charge in [0, 0.05) is 44.9 Å². The molecule has 2 amide bonds. The minimum Gasteiger partial charge on any atom is -0.340 e. The highest BCUT2D eigenvalue weighted by atomic mass is 32.1. The van der Waals surface area contributed by atoms with Crippen molar-refractivity contribution >= 4 is 28.3 Å². The number of aromatic nitrogens is 2. The molecule has 0 radical (unpaired) electrons. The molecule has 1 fully saturated rings. The van der Waals surface area contributed by atoms with Crippen LogP contribution in [-0.4, -0.2) is 52.6 Å². The van der Waals surface area contributed by atoms with E-state index < -0.39 is 0 Å². The van der Waals surface area contributed by atoms with E-state index in [2.05, 4.69) is 41.6 Å². The van der Waals surface area contributed by atoms with Gasteiger partial charge in [-0.25, -0.2) is 0 Å². The lowest BCUT2D eigenvalue weighted by molar-refractivity contribution is -0.133. The van der Waals surface area contributed by atoms with Crippen LogP contribution in [0.15, 0.2) is 0 Å². The average Bonchev–Trinajstić information content (AvgIpc) is 2.91. The molecule has 1 saturated heterocycles. The summed E-state index contributed by atoms with van der Waals surface area (Å²) in [6.07, 6.45) is 1.26. The normalized spacial score (nSPS) is 18.3. The van der Waals surface area contributed by atoms with Crippen molar-refractivity contribution in [3.05, 3.63) is 5.01 Å². The van der Waals surface area contributed by atoms with Gasteiger partial charge in [-0.05, 0) is 12.8 Å². The third-order valence-corrected chi connectivity index (χ3v) is 4.44. The molecule has 2 N–H and O–H groups in total. The zero-order valence-electron chi connectivity index (χ0n) is 14.0. The first kappa shape index (κ1) is 17.8. The maximum absolute atomic E-state index is 12.1. The minimum atomic E-state index is -0.186. The van der Waals surface area contributed by atoms with E-state index in [-0.39, 0.29) is 24.7 Å². The lowest BCUT2D eigenvalue weighted by atomic mass is 10.1. The summed E-state index contributed by atoms with van der Waals surface area (Å²) in [4.78, 5) is 25.9. The summed E-state index contributed by atoms with van der Waals surface area (Å²) >= 11 is 1.39. The number of nitrogens with one attached hydrogen (secondary N) is 2. The van der Waals surface area contributed by atoms with Crippen LogP contribution in [0.3, 0.4) is 0 Å². The van der Waals surface area contributed by atoms with E-state index in [1.165, 1.54) is 11.3 Å². The highest BCUT2D eigenvalue weighted by molar-refractivity contribution is 7.15. The minimum absolute atomic E-state index is 0.0336. The van der Waals surface area contributed by atoms with Gasteiger partial charge in [0.05, 0.1) is 0 Å². The molecule has 0 spiro atoms. The van der Waals surface area contributed by atoms with Crippen LogP contribution in [0, 0.1) is 5.92 Å². The number of rotatable bonds is 6. The van der Waals surface area contributed by atoms with Crippen LogP contribution in [0.4, 0.5) is 5.13 Å². The molecule has 23 heavy (non-hydrogen) atoms. The van der Waals surface area contributed by atoms with Crippen LogP contribution in [0.25, 0.3) is 0 Å². The van der Waals surface area contributed by atoms with E-state index in [1.807, 2.05) is 4.90 Å². The van der Waals surface area contributed by atoms with Crippen LogP contribution in [0.5, 0.6) is 0 Å². The van der Waals surface area contributed by atoms with E-state index in [4.69, 9.17) is 0 Å². The van der Waals surface area contributed by atoms with Gasteiger partial charge in [-0.2, -0.15) is 0 Å². The number of carbonyl (C=O) groups is 2. The molecule has 1 atom stereocenters. The Morgan fingerprint density at radius 3 is 2.87 bits per heavy atom. The van der Waals surface area contributed by atoms with Gasteiger partial charge < -0.3 is 15.5 Å². The molecule has 1 aromatic heterocycles. The molecule has 1 aromatic rings. The fourth-order valence-electron chi connectivity index (χ4n) is 2.46. The number of hydrogen-bond donors (Lipinski definition) is 2. The predicted molar refractivity (Wildman–Crippen MR) is 90.4 cm³/mol. The molecule has 1 aliphatic heterocycles. The molecule has 8 heteroatoms. The molecule has 0 aliphatic carbocycles. The Balaban J connectivity index is 1.74. The summed E-state index contributed by atoms with van der Waals surface area (Å²) in [5.74, 6) is 0.352. The summed E-state index contributed by atoms with van der Waals surface area (Å²) in [5, 5.41) is 15.5. The van der Waals surface area contributed by atoms with Gasteiger partial charge >= 0.3 is 0 Å². The summed E-state index contributed by atoms with van der Waals surface area (Å²) < 4.78 is 0. The smallest absolute Gasteiger partial charge is 0.226 e. The van der Waals surface area contributed by atoms with Gasteiger partial charge in [-0.15, -0.1) is 10.2 Å². The Bertz CT molecular complexity index is 546. The number of hydrogen-bond acceptors (Lipinski definition) is 6. The third kappa shape index (κ3) is 5.87. The Hall–Kier alpha value is -1.54. The van der Waals surface area contributed by atoms with E-state index >= 15 is 0 Å². The van der Waals surface area contributed by atoms with Crippen LogP contribution >= 0.6 is 11.3 Å². The quantitative estimate of drug-likeness (QED) is 0.815. The van der Waals surface area contributed by atoms with Crippen LogP contribution in [-0.2, 0) is 16.0 Å². The molecule has 2 heterocycles. The highest BCUT2D eigenvalue weighted by Crippen LogP contribution is 2.18. The Morgan fingerprint density at radius 2 is 2.17 bits per heavy atom. The molecule has 1 aliphatic rings. The first-order valence-electron chi connectivity index (χ1n) is 8.07. The van der Waals surface area contributed by atoms with Crippen molar-refractivity contribution in [1.29, 1.82) is 0 Å². The predicted octanol–water partition coefficient (Wildman–Crippen LogP) is 1.28. The second-order valence-electron chi connectivity index (χ2n) is 6.34. The molecule has 0 bridgehead atoms. The number of piperazine rings is 1. The van der Waals surface area contributed by atoms with E-state index in [9.17, 15) is 9.59 Å². The number of anilines is 1. The zero-order chi connectivity index (χ0) is 16.8. The van der Waals surface area contributed by atoms with Gasteiger partial charge in [0.25, 0.3) is 0 Å². The SMILES string of the molecule is CC(C)Cc1nnc(NC(=O)CCC(=O)N2CCN[C@H](C)C2)s1. The first-order chi connectivity index (χ1) is 10.9. The number of nitrogens with zero attached hydrogens (tertiary/aromatic N) is 3. The first-order valence-corrected chi connectivity index (χ1v) is 8.89. The van der Waals surface area contributed by atoms with Crippen molar-refractivity contribution in [2.45, 2.75) is 46.1 Å². The third-order valence-electron chi connectivity index (χ3n) is 3.58. The fourth-order valence-corrected chi connectivity index (χ4v) is 3.42. The van der Waals surface area contributed by atoms with Crippen LogP contribution in [0.2, 0.25) is 0 Å². The second kappa shape index (κ2) is 8.35. The molecule has 128 valence electrons. The maximum Gasteiger partial charge on any atom is 0.226 e. The van der Waals surface area contributed by atoms with Crippen molar-refractivity contribution in [3.63, 3.8) is 0 Å². The van der Waals surface area contributed by atoms with Crippen molar-refractivity contribution < 1.29 is 9.59 Å². The zero-order valence-corrected chi connectivity index (χ0v) is 14.8. The van der Waals surface area contributed by atoms with Crippen LogP contribution in [0.1, 0.15) is 38.6 Å². The Kier molecular flexibility index (Phi) is 6.47. The van der Waals surface area contributed by atoms with Crippen molar-refractivity contribution in [1.82, 2.24) is 20.4 Å². The van der Waals surface area contributed by atoms with Crippen LogP contribution < -0.4 is 10.6 Å². The molecule has 0 unspecified atom stereocenters. The van der Waals surface area contributed by atoms with Crippen molar-refractivity contribution in [2.75, 3.05) is 25.0 Å². The number of carbonyl (C=O) groups excluding carboxylic acids is 2. The molecular formula is C15H25N5O2S. The molecule has 2 rings (SSSR count). The summed E-state index contributed by atoms with van der Waals surface area (Å²) in [6.45, 7) is 8.50. The highest BCUT2D eigenvalue weighted by Gasteiger charge is 2.21. The van der Waals surface area contributed by atoms with E-state index in [0.29, 0.717) is 30.2 Å². The topological polar surface area (TPSA) is 87.2 Å². The largest absolute Gasteiger partial charge is 0.340 e. The Morgan fingerprint density at radius 1 is 1.39 bits per heavy atom. The summed E-state index contributed by atoms with van der Waals surface area (Å²) in [5.41, 5.74) is 0. The number of amides is 2. The van der Waals surface area contributed by atoms with Gasteiger partial charge in [0.2, 0.25) is 16.9 Å². The van der Waals surface area contributed by atoms with Crippen molar-refractivity contribution in [3.8, 4) is 0 Å². The standard InChI is InChI=1S/C15H25N5O2S/c1-10(2)8-13-18-19-15(23-13)17-12(21)4-5-14(22)20-7-6-16-11(3)9-20/h10-11,16H,4-9H2,1-3H3,(H,17,19,21)/t11-/m1/s1. The van der Waals surface area contributed by atoms with Crippen molar-refractivity contribution in [2.24, 2.45) is 5.92 Å². The average molecular weight is 339 g/mol. The van der Waals surface area contributed by atoms with Gasteiger partial charge in [-0.1, -0.05) is 25.2 Å². The van der Waals surface area contributed by atoms with Gasteiger partial charge in [0.15, 0.2) is 0 Å². The van der Waals surface area contributed by atoms with E-state index in [0.717, 1.165) is 18.0 Å². The molecular weight excluding hydrogens is 314 g/mol. The Labute approximate surface area is 140 Å². The molecule has 0 saturated carbocycles. The molecule has 7 nitrogen and oxygen atoms in total. The van der Waals surface area contributed by atoms with Gasteiger partial charge in [0.1, 0.15) is 5.01 Å². The summed E-state index contributed by atoms with van der Waals surface area (Å²) in [6, 6.07) is 0.308.